The molecule has 5 heteroatoms. The third kappa shape index (κ3) is 4.71. The Hall–Kier alpha value is -2.82. The molecule has 0 aliphatic heterocycles. The summed E-state index contributed by atoms with van der Waals surface area (Å²) in [5, 5.41) is 0. The van der Waals surface area contributed by atoms with E-state index in [0.29, 0.717) is 12.6 Å². The highest BCUT2D eigenvalue weighted by Crippen LogP contribution is 2.38. The lowest BCUT2D eigenvalue weighted by molar-refractivity contribution is -0.154. The number of benzene rings is 1. The fourth-order valence-corrected chi connectivity index (χ4v) is 3.53. The van der Waals surface area contributed by atoms with Gasteiger partial charge in [-0.15, -0.1) is 0 Å². The molecule has 148 valence electrons. The predicted molar refractivity (Wildman–Crippen MR) is 110 cm³/mol. The summed E-state index contributed by atoms with van der Waals surface area (Å²) in [5.74, 6) is -0.734. The molecule has 0 unspecified atom stereocenters. The number of nitrogens with zero attached hydrogens (tertiary/aromatic N) is 2. The molecule has 3 rings (SSSR count). The number of aromatic nitrogens is 1. The second-order valence-corrected chi connectivity index (χ2v) is 7.52. The first-order valence-electron chi connectivity index (χ1n) is 9.73. The van der Waals surface area contributed by atoms with Crippen LogP contribution in [0.25, 0.3) is 6.08 Å². The Labute approximate surface area is 166 Å². The third-order valence-corrected chi connectivity index (χ3v) is 5.11. The summed E-state index contributed by atoms with van der Waals surface area (Å²) < 4.78 is 7.63. The average molecular weight is 380 g/mol. The molecule has 28 heavy (non-hydrogen) atoms. The van der Waals surface area contributed by atoms with Crippen molar-refractivity contribution in [2.45, 2.75) is 52.3 Å². The van der Waals surface area contributed by atoms with Gasteiger partial charge in [0.15, 0.2) is 6.10 Å². The Balaban J connectivity index is 1.56. The molecule has 1 amide bonds. The molecule has 0 radical (unpaired) electrons. The molecular formula is C23H28N2O3. The van der Waals surface area contributed by atoms with Gasteiger partial charge in [-0.25, -0.2) is 4.79 Å². The first-order valence-corrected chi connectivity index (χ1v) is 9.73. The lowest BCUT2D eigenvalue weighted by Gasteiger charge is -2.21. The van der Waals surface area contributed by atoms with Crippen LogP contribution in [0.2, 0.25) is 0 Å². The van der Waals surface area contributed by atoms with Gasteiger partial charge < -0.3 is 14.2 Å². The van der Waals surface area contributed by atoms with Crippen LogP contribution >= 0.6 is 0 Å². The van der Waals surface area contributed by atoms with Gasteiger partial charge in [-0.1, -0.05) is 30.3 Å². The fourth-order valence-electron chi connectivity index (χ4n) is 3.53. The highest BCUT2D eigenvalue weighted by atomic mass is 16.5. The molecule has 1 aromatic heterocycles. The number of likely N-dealkylation sites (N-methyl/N-ethyl adjacent to an activating group) is 1. The summed E-state index contributed by atoms with van der Waals surface area (Å²) in [7, 11) is 1.71. The van der Waals surface area contributed by atoms with E-state index in [2.05, 4.69) is 24.5 Å². The van der Waals surface area contributed by atoms with Gasteiger partial charge in [0.05, 0.1) is 0 Å². The minimum absolute atomic E-state index is 0.225. The van der Waals surface area contributed by atoms with Crippen LogP contribution in [0.4, 0.5) is 0 Å². The van der Waals surface area contributed by atoms with Crippen LogP contribution in [-0.2, 0) is 20.9 Å². The largest absolute Gasteiger partial charge is 0.449 e. The van der Waals surface area contributed by atoms with Crippen molar-refractivity contribution in [2.24, 2.45) is 0 Å². The zero-order valence-corrected chi connectivity index (χ0v) is 17.0. The first-order chi connectivity index (χ1) is 13.4. The normalized spacial score (nSPS) is 14.9. The molecule has 1 saturated carbocycles. The third-order valence-electron chi connectivity index (χ3n) is 5.11. The van der Waals surface area contributed by atoms with E-state index in [0.717, 1.165) is 16.8 Å². The number of amides is 1. The Morgan fingerprint density at radius 1 is 1.25 bits per heavy atom. The van der Waals surface area contributed by atoms with Crippen molar-refractivity contribution in [3.05, 3.63) is 65.0 Å². The molecule has 0 bridgehead atoms. The van der Waals surface area contributed by atoms with E-state index in [9.17, 15) is 9.59 Å². The number of hydrogen-bond acceptors (Lipinski definition) is 3. The van der Waals surface area contributed by atoms with Gasteiger partial charge in [-0.05, 0) is 56.9 Å². The van der Waals surface area contributed by atoms with Crippen LogP contribution in [-0.4, -0.2) is 34.5 Å². The van der Waals surface area contributed by atoms with Gasteiger partial charge in [0.2, 0.25) is 0 Å². The summed E-state index contributed by atoms with van der Waals surface area (Å²) in [4.78, 5) is 26.2. The molecule has 1 heterocycles. The Kier molecular flexibility index (Phi) is 6.02. The van der Waals surface area contributed by atoms with Crippen molar-refractivity contribution in [1.29, 1.82) is 0 Å². The number of aryl methyl sites for hydroxylation is 1. The van der Waals surface area contributed by atoms with Crippen LogP contribution in [0.5, 0.6) is 0 Å². The van der Waals surface area contributed by atoms with Crippen molar-refractivity contribution in [3.63, 3.8) is 0 Å². The van der Waals surface area contributed by atoms with Crippen molar-refractivity contribution in [1.82, 2.24) is 9.47 Å². The van der Waals surface area contributed by atoms with Crippen LogP contribution in [0.1, 0.15) is 48.3 Å². The maximum Gasteiger partial charge on any atom is 0.331 e. The second-order valence-electron chi connectivity index (χ2n) is 7.52. The lowest BCUT2D eigenvalue weighted by atomic mass is 10.2. The van der Waals surface area contributed by atoms with Gasteiger partial charge in [-0.2, -0.15) is 0 Å². The summed E-state index contributed by atoms with van der Waals surface area (Å²) >= 11 is 0. The number of esters is 1. The fraction of sp³-hybridized carbons (Fsp3) is 0.391. The summed E-state index contributed by atoms with van der Waals surface area (Å²) in [6.45, 7) is 6.24. The minimum atomic E-state index is -0.829. The van der Waals surface area contributed by atoms with E-state index >= 15 is 0 Å². The van der Waals surface area contributed by atoms with Crippen LogP contribution in [0, 0.1) is 13.8 Å². The highest BCUT2D eigenvalue weighted by Gasteiger charge is 2.26. The number of ether oxygens (including phenoxy) is 1. The Morgan fingerprint density at radius 3 is 2.57 bits per heavy atom. The van der Waals surface area contributed by atoms with Crippen molar-refractivity contribution < 1.29 is 14.3 Å². The maximum absolute atomic E-state index is 12.5. The topological polar surface area (TPSA) is 51.5 Å². The van der Waals surface area contributed by atoms with E-state index in [1.807, 2.05) is 30.3 Å². The van der Waals surface area contributed by atoms with Gasteiger partial charge >= 0.3 is 5.97 Å². The number of carbonyl (C=O) groups is 2. The van der Waals surface area contributed by atoms with E-state index in [1.54, 1.807) is 24.9 Å². The Morgan fingerprint density at radius 2 is 1.93 bits per heavy atom. The van der Waals surface area contributed by atoms with E-state index in [4.69, 9.17) is 4.74 Å². The van der Waals surface area contributed by atoms with Gasteiger partial charge in [0, 0.05) is 37.1 Å². The van der Waals surface area contributed by atoms with E-state index in [1.165, 1.54) is 24.6 Å². The summed E-state index contributed by atoms with van der Waals surface area (Å²) in [6, 6.07) is 12.4. The van der Waals surface area contributed by atoms with E-state index < -0.39 is 12.1 Å². The zero-order valence-electron chi connectivity index (χ0n) is 17.0. The molecule has 0 spiro atoms. The molecule has 0 saturated heterocycles. The monoisotopic (exact) mass is 380 g/mol. The second kappa shape index (κ2) is 8.46. The molecule has 0 N–H and O–H groups in total. The summed E-state index contributed by atoms with van der Waals surface area (Å²) in [6.07, 6.45) is 4.79. The molecule has 1 fully saturated rings. The number of rotatable bonds is 7. The summed E-state index contributed by atoms with van der Waals surface area (Å²) in [5.41, 5.74) is 4.42. The van der Waals surface area contributed by atoms with Crippen molar-refractivity contribution in [3.8, 4) is 0 Å². The van der Waals surface area contributed by atoms with Crippen molar-refractivity contribution in [2.75, 3.05) is 7.05 Å². The molecule has 1 aliphatic carbocycles. The number of hydrogen-bond donors (Lipinski definition) is 0. The smallest absolute Gasteiger partial charge is 0.331 e. The number of carbonyl (C=O) groups excluding carboxylic acids is 2. The molecular weight excluding hydrogens is 352 g/mol. The first kappa shape index (κ1) is 19.9. The molecule has 1 atom stereocenters. The van der Waals surface area contributed by atoms with E-state index in [-0.39, 0.29) is 5.91 Å². The molecule has 1 aliphatic rings. The molecule has 5 nitrogen and oxygen atoms in total. The average Bonchev–Trinajstić information content (AvgIpc) is 3.45. The van der Waals surface area contributed by atoms with Gasteiger partial charge in [0.25, 0.3) is 5.91 Å². The van der Waals surface area contributed by atoms with Crippen LogP contribution in [0.15, 0.2) is 42.5 Å². The quantitative estimate of drug-likeness (QED) is 0.538. The molecule has 1 aromatic carbocycles. The zero-order chi connectivity index (χ0) is 20.3. The van der Waals surface area contributed by atoms with Crippen LogP contribution < -0.4 is 0 Å². The maximum atomic E-state index is 12.5. The lowest BCUT2D eigenvalue weighted by Crippen LogP contribution is -2.36. The Bertz CT molecular complexity index is 879. The SMILES string of the molecule is Cc1cc(/C=C/C(=O)O[C@@H](C)C(=O)N(C)Cc2ccccc2)c(C)n1C1CC1. The van der Waals surface area contributed by atoms with Crippen molar-refractivity contribution >= 4 is 18.0 Å². The van der Waals surface area contributed by atoms with Gasteiger partial charge in [-0.3, -0.25) is 4.79 Å². The predicted octanol–water partition coefficient (Wildman–Crippen LogP) is 4.04. The standard InChI is InChI=1S/C23H28N2O3/c1-16-14-20(17(2)25(16)21-11-12-21)10-13-22(26)28-18(3)23(27)24(4)15-19-8-6-5-7-9-19/h5-10,13-14,18,21H,11-12,15H2,1-4H3/b13-10+/t18-/m0/s1. The molecule has 2 aromatic rings. The minimum Gasteiger partial charge on any atom is -0.449 e. The van der Waals surface area contributed by atoms with Crippen LogP contribution in [0.3, 0.4) is 0 Å². The highest BCUT2D eigenvalue weighted by molar-refractivity contribution is 5.90. The van der Waals surface area contributed by atoms with Gasteiger partial charge in [0.1, 0.15) is 0 Å².